The lowest BCUT2D eigenvalue weighted by molar-refractivity contribution is -0.309. The first-order chi connectivity index (χ1) is 8.38. The Hall–Kier alpha value is -1.40. The fourth-order valence-electron chi connectivity index (χ4n) is 1.47. The molecule has 1 rings (SSSR count). The minimum atomic E-state index is -3.83. The summed E-state index contributed by atoms with van der Waals surface area (Å²) in [5, 5.41) is 11.0. The molecule has 0 amide bonds. The van der Waals surface area contributed by atoms with Crippen LogP contribution in [0.1, 0.15) is 20.3 Å². The number of carboxylic acids is 1. The third-order valence-electron chi connectivity index (χ3n) is 2.80. The van der Waals surface area contributed by atoms with E-state index in [9.17, 15) is 18.3 Å². The zero-order chi connectivity index (χ0) is 13.8. The Morgan fingerprint density at radius 3 is 2.33 bits per heavy atom. The molecule has 0 aliphatic rings. The summed E-state index contributed by atoms with van der Waals surface area (Å²) >= 11 is 0. The Kier molecular flexibility index (Phi) is 4.86. The predicted octanol–water partition coefficient (Wildman–Crippen LogP) is 0.130. The van der Waals surface area contributed by atoms with Crippen LogP contribution in [-0.4, -0.2) is 20.4 Å². The SMILES string of the molecule is CC[C@@H](C)[C@H](NS(=O)(=O)c1ccccc1)C(=O)[O-]. The van der Waals surface area contributed by atoms with E-state index in [2.05, 4.69) is 4.72 Å². The van der Waals surface area contributed by atoms with Gasteiger partial charge in [-0.1, -0.05) is 38.5 Å². The number of carbonyl (C=O) groups is 1. The van der Waals surface area contributed by atoms with Gasteiger partial charge in [-0.05, 0) is 18.1 Å². The van der Waals surface area contributed by atoms with Gasteiger partial charge in [-0.2, -0.15) is 0 Å². The largest absolute Gasteiger partial charge is 0.548 e. The van der Waals surface area contributed by atoms with Crippen molar-refractivity contribution in [3.05, 3.63) is 30.3 Å². The van der Waals surface area contributed by atoms with E-state index in [1.54, 1.807) is 32.0 Å². The van der Waals surface area contributed by atoms with Crippen molar-refractivity contribution in [2.24, 2.45) is 5.92 Å². The summed E-state index contributed by atoms with van der Waals surface area (Å²) in [7, 11) is -3.83. The van der Waals surface area contributed by atoms with E-state index in [0.29, 0.717) is 6.42 Å². The van der Waals surface area contributed by atoms with Crippen LogP contribution in [-0.2, 0) is 14.8 Å². The van der Waals surface area contributed by atoms with Crippen molar-refractivity contribution >= 4 is 16.0 Å². The second-order valence-corrected chi connectivity index (χ2v) is 5.83. The first kappa shape index (κ1) is 14.7. The lowest BCUT2D eigenvalue weighted by Gasteiger charge is -2.24. The molecule has 0 aliphatic carbocycles. The number of nitrogens with one attached hydrogen (secondary N) is 1. The van der Waals surface area contributed by atoms with Gasteiger partial charge in [0.25, 0.3) is 0 Å². The molecule has 0 aromatic heterocycles. The molecule has 100 valence electrons. The van der Waals surface area contributed by atoms with Crippen molar-refractivity contribution < 1.29 is 18.3 Å². The van der Waals surface area contributed by atoms with Gasteiger partial charge >= 0.3 is 0 Å². The standard InChI is InChI=1S/C12H17NO4S/c1-3-9(2)11(12(14)15)13-18(16,17)10-7-5-4-6-8-10/h4-9,11,13H,3H2,1-2H3,(H,14,15)/p-1/t9-,11+/m1/s1. The van der Waals surface area contributed by atoms with Gasteiger partial charge in [-0.25, -0.2) is 13.1 Å². The topological polar surface area (TPSA) is 86.3 Å². The molecule has 2 atom stereocenters. The Morgan fingerprint density at radius 1 is 1.33 bits per heavy atom. The van der Waals surface area contributed by atoms with Crippen LogP contribution in [0.2, 0.25) is 0 Å². The van der Waals surface area contributed by atoms with E-state index in [0.717, 1.165) is 0 Å². The number of hydrogen-bond acceptors (Lipinski definition) is 4. The highest BCUT2D eigenvalue weighted by Gasteiger charge is 2.24. The Morgan fingerprint density at radius 2 is 1.89 bits per heavy atom. The summed E-state index contributed by atoms with van der Waals surface area (Å²) in [5.41, 5.74) is 0. The molecule has 0 aliphatic heterocycles. The number of rotatable bonds is 6. The molecule has 1 N–H and O–H groups in total. The van der Waals surface area contributed by atoms with Crippen LogP contribution in [0.25, 0.3) is 0 Å². The normalized spacial score (nSPS) is 15.0. The average Bonchev–Trinajstić information content (AvgIpc) is 2.36. The maximum Gasteiger partial charge on any atom is 0.241 e. The van der Waals surface area contributed by atoms with Crippen LogP contribution < -0.4 is 9.83 Å². The molecular formula is C12H16NO4S-. The fourth-order valence-corrected chi connectivity index (χ4v) is 2.78. The molecule has 1 aromatic carbocycles. The Labute approximate surface area is 107 Å². The van der Waals surface area contributed by atoms with Gasteiger partial charge in [-0.3, -0.25) is 0 Å². The van der Waals surface area contributed by atoms with E-state index in [-0.39, 0.29) is 10.8 Å². The van der Waals surface area contributed by atoms with E-state index < -0.39 is 22.0 Å². The minimum absolute atomic E-state index is 0.0413. The molecule has 0 bridgehead atoms. The first-order valence-corrected chi connectivity index (χ1v) is 7.15. The van der Waals surface area contributed by atoms with Crippen LogP contribution in [0.15, 0.2) is 35.2 Å². The van der Waals surface area contributed by atoms with E-state index in [1.165, 1.54) is 12.1 Å². The number of sulfonamides is 1. The first-order valence-electron chi connectivity index (χ1n) is 5.66. The highest BCUT2D eigenvalue weighted by atomic mass is 32.2. The molecular weight excluding hydrogens is 254 g/mol. The fraction of sp³-hybridized carbons (Fsp3) is 0.417. The quantitative estimate of drug-likeness (QED) is 0.796. The highest BCUT2D eigenvalue weighted by molar-refractivity contribution is 7.89. The van der Waals surface area contributed by atoms with Gasteiger partial charge < -0.3 is 9.90 Å². The summed E-state index contributed by atoms with van der Waals surface area (Å²) < 4.78 is 26.1. The molecule has 0 heterocycles. The zero-order valence-corrected chi connectivity index (χ0v) is 11.1. The van der Waals surface area contributed by atoms with Crippen molar-refractivity contribution in [1.82, 2.24) is 4.72 Å². The van der Waals surface area contributed by atoms with Crippen LogP contribution in [0.5, 0.6) is 0 Å². The zero-order valence-electron chi connectivity index (χ0n) is 10.3. The van der Waals surface area contributed by atoms with Crippen molar-refractivity contribution in [2.45, 2.75) is 31.2 Å². The third-order valence-corrected chi connectivity index (χ3v) is 4.26. The van der Waals surface area contributed by atoms with Crippen LogP contribution in [0.3, 0.4) is 0 Å². The summed E-state index contributed by atoms with van der Waals surface area (Å²) in [6, 6.07) is 6.43. The maximum atomic E-state index is 12.0. The molecule has 0 radical (unpaired) electrons. The monoisotopic (exact) mass is 270 g/mol. The third kappa shape index (κ3) is 3.54. The molecule has 0 saturated heterocycles. The molecule has 0 fully saturated rings. The van der Waals surface area contributed by atoms with Crippen molar-refractivity contribution in [3.63, 3.8) is 0 Å². The second kappa shape index (κ2) is 5.97. The highest BCUT2D eigenvalue weighted by Crippen LogP contribution is 2.13. The molecule has 18 heavy (non-hydrogen) atoms. The molecule has 0 spiro atoms. The predicted molar refractivity (Wildman–Crippen MR) is 65.0 cm³/mol. The van der Waals surface area contributed by atoms with Crippen molar-refractivity contribution in [1.29, 1.82) is 0 Å². The van der Waals surface area contributed by atoms with Gasteiger partial charge in [0.1, 0.15) is 0 Å². The van der Waals surface area contributed by atoms with Gasteiger partial charge in [0.2, 0.25) is 10.0 Å². The van der Waals surface area contributed by atoms with Crippen LogP contribution in [0.4, 0.5) is 0 Å². The van der Waals surface area contributed by atoms with E-state index in [1.807, 2.05) is 0 Å². The number of aliphatic carboxylic acids is 1. The van der Waals surface area contributed by atoms with Gasteiger partial charge in [0.15, 0.2) is 0 Å². The van der Waals surface area contributed by atoms with Crippen molar-refractivity contribution in [3.8, 4) is 0 Å². The van der Waals surface area contributed by atoms with Crippen LogP contribution in [0, 0.1) is 5.92 Å². The summed E-state index contributed by atoms with van der Waals surface area (Å²) in [5.74, 6) is -1.75. The average molecular weight is 270 g/mol. The lowest BCUT2D eigenvalue weighted by atomic mass is 10.0. The summed E-state index contributed by atoms with van der Waals surface area (Å²) in [6.07, 6.45) is 0.538. The van der Waals surface area contributed by atoms with Crippen LogP contribution >= 0.6 is 0 Å². The maximum absolute atomic E-state index is 12.0. The molecule has 6 heteroatoms. The number of carbonyl (C=O) groups excluding carboxylic acids is 1. The molecule has 1 aromatic rings. The number of hydrogen-bond donors (Lipinski definition) is 1. The molecule has 0 saturated carbocycles. The Balaban J connectivity index is 2.97. The molecule has 5 nitrogen and oxygen atoms in total. The van der Waals surface area contributed by atoms with E-state index in [4.69, 9.17) is 0 Å². The van der Waals surface area contributed by atoms with E-state index >= 15 is 0 Å². The lowest BCUT2D eigenvalue weighted by Crippen LogP contribution is -2.51. The molecule has 0 unspecified atom stereocenters. The summed E-state index contributed by atoms with van der Waals surface area (Å²) in [4.78, 5) is 11.0. The Bertz CT molecular complexity index is 498. The number of carboxylic acid groups (broad SMARTS) is 1. The van der Waals surface area contributed by atoms with Gasteiger partial charge in [0, 0.05) is 0 Å². The number of benzene rings is 1. The van der Waals surface area contributed by atoms with Gasteiger partial charge in [0.05, 0.1) is 16.9 Å². The second-order valence-electron chi connectivity index (χ2n) is 4.12. The van der Waals surface area contributed by atoms with Crippen molar-refractivity contribution in [2.75, 3.05) is 0 Å². The van der Waals surface area contributed by atoms with Gasteiger partial charge in [-0.15, -0.1) is 0 Å². The smallest absolute Gasteiger partial charge is 0.241 e. The minimum Gasteiger partial charge on any atom is -0.548 e. The summed E-state index contributed by atoms with van der Waals surface area (Å²) in [6.45, 7) is 3.45.